The van der Waals surface area contributed by atoms with Crippen molar-refractivity contribution < 1.29 is 22.7 Å². The van der Waals surface area contributed by atoms with E-state index in [1.807, 2.05) is 24.3 Å². The van der Waals surface area contributed by atoms with Crippen molar-refractivity contribution in [2.45, 2.75) is 20.3 Å². The zero-order valence-electron chi connectivity index (χ0n) is 16.6. The first-order valence-corrected chi connectivity index (χ1v) is 10.8. The Kier molecular flexibility index (Phi) is 5.66. The minimum Gasteiger partial charge on any atom is -0.496 e. The van der Waals surface area contributed by atoms with Gasteiger partial charge in [0.2, 0.25) is 15.9 Å². The molecular weight excluding hydrogens is 392 g/mol. The fourth-order valence-electron chi connectivity index (χ4n) is 3.36. The Balaban J connectivity index is 1.73. The van der Waals surface area contributed by atoms with E-state index < -0.39 is 21.3 Å². The molecule has 1 fully saturated rings. The first-order valence-electron chi connectivity index (χ1n) is 9.23. The van der Waals surface area contributed by atoms with E-state index in [9.17, 15) is 18.0 Å². The van der Waals surface area contributed by atoms with Crippen LogP contribution in [0.5, 0.6) is 5.75 Å². The predicted molar refractivity (Wildman–Crippen MR) is 111 cm³/mol. The smallest absolute Gasteiger partial charge is 0.251 e. The van der Waals surface area contributed by atoms with E-state index in [2.05, 4.69) is 5.32 Å². The van der Waals surface area contributed by atoms with Crippen LogP contribution in [0.1, 0.15) is 29.8 Å². The summed E-state index contributed by atoms with van der Waals surface area (Å²) in [4.78, 5) is 25.1. The summed E-state index contributed by atoms with van der Waals surface area (Å²) in [5.74, 6) is -0.339. The summed E-state index contributed by atoms with van der Waals surface area (Å²) in [6.07, 6.45) is 0.586. The Morgan fingerprint density at radius 3 is 2.55 bits per heavy atom. The lowest BCUT2D eigenvalue weighted by Crippen LogP contribution is -2.33. The standard InChI is InChI=1S/C21H24N2O5S/c1-21(2)14-29(26,27)23(20(21)25)17-9-6-8-16(13-17)19(24)22-12-11-15-7-4-5-10-18(15)28-3/h4-10,13H,11-12,14H2,1-3H3,(H,22,24). The molecule has 1 heterocycles. The maximum Gasteiger partial charge on any atom is 0.251 e. The molecule has 2 amide bonds. The van der Waals surface area contributed by atoms with Crippen LogP contribution in [0, 0.1) is 5.41 Å². The van der Waals surface area contributed by atoms with Gasteiger partial charge in [0.15, 0.2) is 0 Å². The number of hydrogen-bond donors (Lipinski definition) is 1. The number of anilines is 1. The van der Waals surface area contributed by atoms with E-state index >= 15 is 0 Å². The number of carbonyl (C=O) groups excluding carboxylic acids is 2. The van der Waals surface area contributed by atoms with Crippen LogP contribution in [0.3, 0.4) is 0 Å². The normalized spacial score (nSPS) is 17.2. The molecule has 0 atom stereocenters. The van der Waals surface area contributed by atoms with E-state index in [-0.39, 0.29) is 22.9 Å². The summed E-state index contributed by atoms with van der Waals surface area (Å²) >= 11 is 0. The van der Waals surface area contributed by atoms with E-state index in [0.29, 0.717) is 13.0 Å². The SMILES string of the molecule is COc1ccccc1CCNC(=O)c1cccc(N2C(=O)C(C)(C)CS2(=O)=O)c1. The Morgan fingerprint density at radius 2 is 1.90 bits per heavy atom. The molecule has 1 aliphatic heterocycles. The molecule has 29 heavy (non-hydrogen) atoms. The molecule has 7 nitrogen and oxygen atoms in total. The van der Waals surface area contributed by atoms with Crippen molar-refractivity contribution in [2.24, 2.45) is 5.41 Å². The van der Waals surface area contributed by atoms with Gasteiger partial charge in [0.25, 0.3) is 5.91 Å². The van der Waals surface area contributed by atoms with Gasteiger partial charge in [-0.05, 0) is 50.1 Å². The van der Waals surface area contributed by atoms with E-state index in [1.54, 1.807) is 33.1 Å². The molecule has 0 aliphatic carbocycles. The van der Waals surface area contributed by atoms with Gasteiger partial charge in [0, 0.05) is 12.1 Å². The number of carbonyl (C=O) groups is 2. The molecule has 1 saturated heterocycles. The van der Waals surface area contributed by atoms with Gasteiger partial charge in [-0.3, -0.25) is 9.59 Å². The molecule has 2 aromatic carbocycles. The average Bonchev–Trinajstić information content (AvgIpc) is 2.84. The topological polar surface area (TPSA) is 92.8 Å². The van der Waals surface area contributed by atoms with Crippen LogP contribution < -0.4 is 14.4 Å². The number of hydrogen-bond acceptors (Lipinski definition) is 5. The second-order valence-electron chi connectivity index (χ2n) is 7.58. The van der Waals surface area contributed by atoms with Gasteiger partial charge in [-0.1, -0.05) is 24.3 Å². The first kappa shape index (κ1) is 20.9. The summed E-state index contributed by atoms with van der Waals surface area (Å²) in [5.41, 5.74) is 0.444. The third kappa shape index (κ3) is 4.27. The second-order valence-corrected chi connectivity index (χ2v) is 9.40. The maximum absolute atomic E-state index is 12.5. The fraction of sp³-hybridized carbons (Fsp3) is 0.333. The van der Waals surface area contributed by atoms with Gasteiger partial charge < -0.3 is 10.1 Å². The van der Waals surface area contributed by atoms with Gasteiger partial charge in [-0.15, -0.1) is 0 Å². The van der Waals surface area contributed by atoms with Crippen molar-refractivity contribution in [1.29, 1.82) is 0 Å². The Labute approximate surface area is 170 Å². The van der Waals surface area contributed by atoms with Crippen LogP contribution >= 0.6 is 0 Å². The number of amides is 2. The molecule has 1 N–H and O–H groups in total. The van der Waals surface area contributed by atoms with Crippen molar-refractivity contribution in [1.82, 2.24) is 5.32 Å². The zero-order chi connectivity index (χ0) is 21.2. The number of ether oxygens (including phenoxy) is 1. The minimum absolute atomic E-state index is 0.179. The largest absolute Gasteiger partial charge is 0.496 e. The zero-order valence-corrected chi connectivity index (χ0v) is 17.5. The van der Waals surface area contributed by atoms with Crippen molar-refractivity contribution in [3.05, 3.63) is 59.7 Å². The molecule has 0 radical (unpaired) electrons. The monoisotopic (exact) mass is 416 g/mol. The van der Waals surface area contributed by atoms with Crippen LogP contribution in [0.2, 0.25) is 0 Å². The van der Waals surface area contributed by atoms with Gasteiger partial charge in [-0.2, -0.15) is 0 Å². The molecule has 154 valence electrons. The van der Waals surface area contributed by atoms with E-state index in [0.717, 1.165) is 15.6 Å². The van der Waals surface area contributed by atoms with E-state index in [1.165, 1.54) is 12.1 Å². The Hall–Kier alpha value is -2.87. The lowest BCUT2D eigenvalue weighted by Gasteiger charge is -2.18. The minimum atomic E-state index is -3.76. The number of rotatable bonds is 6. The Bertz CT molecular complexity index is 1050. The van der Waals surface area contributed by atoms with Crippen LogP contribution in [0.25, 0.3) is 0 Å². The third-order valence-electron chi connectivity index (χ3n) is 4.80. The molecule has 8 heteroatoms. The van der Waals surface area contributed by atoms with Crippen molar-refractivity contribution in [3.63, 3.8) is 0 Å². The molecule has 1 aliphatic rings. The van der Waals surface area contributed by atoms with Crippen molar-refractivity contribution >= 4 is 27.5 Å². The van der Waals surface area contributed by atoms with Crippen LogP contribution in [-0.4, -0.2) is 39.6 Å². The maximum atomic E-state index is 12.5. The molecule has 0 aromatic heterocycles. The fourth-order valence-corrected chi connectivity index (χ4v) is 5.46. The van der Waals surface area contributed by atoms with Gasteiger partial charge in [-0.25, -0.2) is 12.7 Å². The second kappa shape index (κ2) is 7.87. The molecule has 0 unspecified atom stereocenters. The molecule has 3 rings (SSSR count). The van der Waals surface area contributed by atoms with Crippen LogP contribution in [0.15, 0.2) is 48.5 Å². The molecule has 0 spiro atoms. The number of sulfonamides is 1. The van der Waals surface area contributed by atoms with E-state index in [4.69, 9.17) is 4.74 Å². The van der Waals surface area contributed by atoms with Gasteiger partial charge in [0.05, 0.1) is 24.0 Å². The van der Waals surface area contributed by atoms with Gasteiger partial charge in [0.1, 0.15) is 5.75 Å². The summed E-state index contributed by atoms with van der Waals surface area (Å²) < 4.78 is 31.0. The molecule has 0 bridgehead atoms. The highest BCUT2D eigenvalue weighted by Crippen LogP contribution is 2.35. The summed E-state index contributed by atoms with van der Waals surface area (Å²) in [6.45, 7) is 3.58. The lowest BCUT2D eigenvalue weighted by molar-refractivity contribution is -0.123. The van der Waals surface area contributed by atoms with Crippen molar-refractivity contribution in [2.75, 3.05) is 23.7 Å². The number of nitrogens with zero attached hydrogens (tertiary/aromatic N) is 1. The Morgan fingerprint density at radius 1 is 1.17 bits per heavy atom. The highest BCUT2D eigenvalue weighted by atomic mass is 32.2. The highest BCUT2D eigenvalue weighted by molar-refractivity contribution is 7.94. The molecular formula is C21H24N2O5S. The average molecular weight is 416 g/mol. The lowest BCUT2D eigenvalue weighted by atomic mass is 9.95. The molecule has 0 saturated carbocycles. The van der Waals surface area contributed by atoms with Crippen LogP contribution in [-0.2, 0) is 21.2 Å². The number of methoxy groups -OCH3 is 1. The van der Waals surface area contributed by atoms with Crippen LogP contribution in [0.4, 0.5) is 5.69 Å². The summed E-state index contributed by atoms with van der Waals surface area (Å²) in [6, 6.07) is 13.7. The van der Waals surface area contributed by atoms with Gasteiger partial charge >= 0.3 is 0 Å². The summed E-state index contributed by atoms with van der Waals surface area (Å²) in [5, 5.41) is 2.82. The predicted octanol–water partition coefficient (Wildman–Crippen LogP) is 2.37. The highest BCUT2D eigenvalue weighted by Gasteiger charge is 2.49. The van der Waals surface area contributed by atoms with Crippen molar-refractivity contribution in [3.8, 4) is 5.75 Å². The third-order valence-corrected chi connectivity index (χ3v) is 6.82. The quantitative estimate of drug-likeness (QED) is 0.780. The summed E-state index contributed by atoms with van der Waals surface area (Å²) in [7, 11) is -2.17. The number of para-hydroxylation sites is 1. The number of benzene rings is 2. The first-order chi connectivity index (χ1) is 13.7. The molecule has 2 aromatic rings. The number of nitrogens with one attached hydrogen (secondary N) is 1.